The van der Waals surface area contributed by atoms with Gasteiger partial charge in [-0.3, -0.25) is 14.7 Å². The average Bonchev–Trinajstić information content (AvgIpc) is 2.71. The number of hydrogen-bond acceptors (Lipinski definition) is 6. The number of ether oxygens (including phenoxy) is 1. The highest BCUT2D eigenvalue weighted by molar-refractivity contribution is 9.10. The highest BCUT2D eigenvalue weighted by Gasteiger charge is 2.28. The fraction of sp³-hybridized carbons (Fsp3) is 0.273. The summed E-state index contributed by atoms with van der Waals surface area (Å²) in [5, 5.41) is 11.1. The molecule has 0 spiro atoms. The molecule has 0 N–H and O–H groups in total. The van der Waals surface area contributed by atoms with E-state index in [0.717, 1.165) is 11.7 Å². The van der Waals surface area contributed by atoms with E-state index in [1.807, 2.05) is 0 Å². The molecule has 106 valence electrons. The van der Waals surface area contributed by atoms with E-state index in [1.54, 1.807) is 0 Å². The van der Waals surface area contributed by atoms with Crippen LogP contribution < -0.4 is 5.76 Å². The second-order valence-electron chi connectivity index (χ2n) is 3.97. The summed E-state index contributed by atoms with van der Waals surface area (Å²) < 4.78 is 10.8. The second kappa shape index (κ2) is 5.08. The molecule has 0 radical (unpaired) electrons. The lowest BCUT2D eigenvalue weighted by Crippen LogP contribution is -2.25. The number of nitrogens with zero attached hydrogens (tertiary/aromatic N) is 2. The third kappa shape index (κ3) is 2.20. The SMILES string of the molecule is COC(=O)C(C)n1c(=O)oc2cc(Br)cc([N+](=O)[O-])c21. The molecule has 20 heavy (non-hydrogen) atoms. The number of rotatable bonds is 3. The number of methoxy groups -OCH3 is 1. The van der Waals surface area contributed by atoms with Crippen molar-refractivity contribution in [3.8, 4) is 0 Å². The standard InChI is InChI=1S/C11H9BrN2O6/c1-5(10(15)19-2)13-9-7(14(17)18)3-6(12)4-8(9)20-11(13)16/h3-5H,1-2H3. The molecule has 1 unspecified atom stereocenters. The van der Waals surface area contributed by atoms with E-state index < -0.39 is 22.7 Å². The number of non-ortho nitro benzene ring substituents is 1. The Morgan fingerprint density at radius 3 is 2.75 bits per heavy atom. The molecule has 0 saturated carbocycles. The van der Waals surface area contributed by atoms with Gasteiger partial charge in [-0.2, -0.15) is 0 Å². The molecule has 2 rings (SSSR count). The van der Waals surface area contributed by atoms with Crippen LogP contribution in [-0.2, 0) is 9.53 Å². The monoisotopic (exact) mass is 344 g/mol. The van der Waals surface area contributed by atoms with Crippen LogP contribution in [0.5, 0.6) is 0 Å². The maximum atomic E-state index is 11.8. The van der Waals surface area contributed by atoms with Gasteiger partial charge in [0.1, 0.15) is 6.04 Å². The number of hydrogen-bond donors (Lipinski definition) is 0. The summed E-state index contributed by atoms with van der Waals surface area (Å²) >= 11 is 3.10. The van der Waals surface area contributed by atoms with Gasteiger partial charge in [-0.25, -0.2) is 9.59 Å². The summed E-state index contributed by atoms with van der Waals surface area (Å²) in [5.74, 6) is -1.56. The number of esters is 1. The smallest absolute Gasteiger partial charge is 0.420 e. The number of benzene rings is 1. The summed E-state index contributed by atoms with van der Waals surface area (Å²) in [6.45, 7) is 1.40. The van der Waals surface area contributed by atoms with Crippen molar-refractivity contribution in [2.45, 2.75) is 13.0 Å². The van der Waals surface area contributed by atoms with Gasteiger partial charge in [0.2, 0.25) is 0 Å². The van der Waals surface area contributed by atoms with Crippen molar-refractivity contribution < 1.29 is 18.9 Å². The van der Waals surface area contributed by atoms with E-state index in [1.165, 1.54) is 19.1 Å². The largest absolute Gasteiger partial charge is 0.467 e. The fourth-order valence-electron chi connectivity index (χ4n) is 1.88. The van der Waals surface area contributed by atoms with Crippen LogP contribution in [0.25, 0.3) is 11.1 Å². The zero-order chi connectivity index (χ0) is 15.0. The predicted octanol–water partition coefficient (Wildman–Crippen LogP) is 2.00. The maximum absolute atomic E-state index is 11.8. The quantitative estimate of drug-likeness (QED) is 0.479. The van der Waals surface area contributed by atoms with Gasteiger partial charge in [0.05, 0.1) is 12.0 Å². The minimum Gasteiger partial charge on any atom is -0.467 e. The Bertz CT molecular complexity index is 762. The molecule has 0 saturated heterocycles. The molecule has 0 fully saturated rings. The van der Waals surface area contributed by atoms with Crippen LogP contribution in [0.3, 0.4) is 0 Å². The summed E-state index contributed by atoms with van der Waals surface area (Å²) in [7, 11) is 1.16. The van der Waals surface area contributed by atoms with Crippen molar-refractivity contribution in [1.82, 2.24) is 4.57 Å². The summed E-state index contributed by atoms with van der Waals surface area (Å²) in [6.07, 6.45) is 0. The van der Waals surface area contributed by atoms with Crippen LogP contribution in [0.1, 0.15) is 13.0 Å². The molecule has 0 aliphatic rings. The molecular weight excluding hydrogens is 336 g/mol. The number of halogens is 1. The molecular formula is C11H9BrN2O6. The normalized spacial score (nSPS) is 12.3. The zero-order valence-corrected chi connectivity index (χ0v) is 12.0. The number of aromatic nitrogens is 1. The first kappa shape index (κ1) is 14.3. The summed E-state index contributed by atoms with van der Waals surface area (Å²) in [4.78, 5) is 33.8. The highest BCUT2D eigenvalue weighted by atomic mass is 79.9. The van der Waals surface area contributed by atoms with Crippen molar-refractivity contribution >= 4 is 38.7 Å². The van der Waals surface area contributed by atoms with Gasteiger partial charge < -0.3 is 9.15 Å². The lowest BCUT2D eigenvalue weighted by molar-refractivity contribution is -0.383. The topological polar surface area (TPSA) is 105 Å². The van der Waals surface area contributed by atoms with Crippen molar-refractivity contribution in [2.24, 2.45) is 0 Å². The highest BCUT2D eigenvalue weighted by Crippen LogP contribution is 2.31. The van der Waals surface area contributed by atoms with Gasteiger partial charge in [-0.05, 0) is 13.0 Å². The van der Waals surface area contributed by atoms with Crippen LogP contribution in [-0.4, -0.2) is 22.6 Å². The van der Waals surface area contributed by atoms with Gasteiger partial charge in [0, 0.05) is 10.5 Å². The number of carbonyl (C=O) groups is 1. The third-order valence-electron chi connectivity index (χ3n) is 2.78. The maximum Gasteiger partial charge on any atom is 0.420 e. The van der Waals surface area contributed by atoms with Gasteiger partial charge in [0.15, 0.2) is 11.1 Å². The molecule has 8 nitrogen and oxygen atoms in total. The minimum absolute atomic E-state index is 0.0202. The average molecular weight is 345 g/mol. The molecule has 1 aromatic heterocycles. The Kier molecular flexibility index (Phi) is 3.62. The van der Waals surface area contributed by atoms with Gasteiger partial charge in [-0.15, -0.1) is 0 Å². The second-order valence-corrected chi connectivity index (χ2v) is 4.88. The first-order valence-electron chi connectivity index (χ1n) is 5.43. The van der Waals surface area contributed by atoms with E-state index in [9.17, 15) is 19.7 Å². The van der Waals surface area contributed by atoms with E-state index in [4.69, 9.17) is 4.42 Å². The first-order valence-corrected chi connectivity index (χ1v) is 6.23. The van der Waals surface area contributed by atoms with Crippen LogP contribution in [0, 0.1) is 10.1 Å². The van der Waals surface area contributed by atoms with Gasteiger partial charge in [-0.1, -0.05) is 15.9 Å². The molecule has 1 atom stereocenters. The van der Waals surface area contributed by atoms with Crippen molar-refractivity contribution in [2.75, 3.05) is 7.11 Å². The van der Waals surface area contributed by atoms with Gasteiger partial charge >= 0.3 is 11.7 Å². The first-order chi connectivity index (χ1) is 9.36. The molecule has 1 heterocycles. The van der Waals surface area contributed by atoms with Crippen molar-refractivity contribution in [3.63, 3.8) is 0 Å². The fourth-order valence-corrected chi connectivity index (χ4v) is 2.31. The van der Waals surface area contributed by atoms with Crippen LogP contribution in [0.4, 0.5) is 5.69 Å². The Balaban J connectivity index is 2.85. The Morgan fingerprint density at radius 1 is 1.55 bits per heavy atom. The van der Waals surface area contributed by atoms with Crippen molar-refractivity contribution in [3.05, 3.63) is 37.3 Å². The summed E-state index contributed by atoms with van der Waals surface area (Å²) in [6, 6.07) is 1.62. The van der Waals surface area contributed by atoms with Crippen LogP contribution in [0.15, 0.2) is 25.8 Å². The molecule has 0 amide bonds. The van der Waals surface area contributed by atoms with Crippen LogP contribution in [0.2, 0.25) is 0 Å². The summed E-state index contributed by atoms with van der Waals surface area (Å²) in [5.41, 5.74) is -0.371. The lowest BCUT2D eigenvalue weighted by atomic mass is 10.2. The molecule has 1 aromatic carbocycles. The van der Waals surface area contributed by atoms with Crippen molar-refractivity contribution in [1.29, 1.82) is 0 Å². The van der Waals surface area contributed by atoms with E-state index in [-0.39, 0.29) is 16.8 Å². The Morgan fingerprint density at radius 2 is 2.20 bits per heavy atom. The van der Waals surface area contributed by atoms with Crippen LogP contribution >= 0.6 is 15.9 Å². The number of nitro benzene ring substituents is 1. The van der Waals surface area contributed by atoms with Gasteiger partial charge in [0.25, 0.3) is 5.69 Å². The zero-order valence-electron chi connectivity index (χ0n) is 10.5. The van der Waals surface area contributed by atoms with E-state index >= 15 is 0 Å². The third-order valence-corrected chi connectivity index (χ3v) is 3.24. The lowest BCUT2D eigenvalue weighted by Gasteiger charge is -2.09. The Labute approximate surface area is 120 Å². The number of carbonyl (C=O) groups excluding carboxylic acids is 1. The molecule has 0 aliphatic heterocycles. The molecule has 0 bridgehead atoms. The number of oxazole rings is 1. The number of fused-ring (bicyclic) bond motifs is 1. The molecule has 0 aliphatic carbocycles. The van der Waals surface area contributed by atoms with E-state index in [0.29, 0.717) is 4.47 Å². The molecule has 2 aromatic rings. The molecule has 9 heteroatoms. The minimum atomic E-state index is -1.03. The number of nitro groups is 1. The van der Waals surface area contributed by atoms with E-state index in [2.05, 4.69) is 20.7 Å². The Hall–Kier alpha value is -2.16. The predicted molar refractivity (Wildman–Crippen MR) is 71.6 cm³/mol.